The van der Waals surface area contributed by atoms with Gasteiger partial charge in [-0.25, -0.2) is 5.11 Å². The van der Waals surface area contributed by atoms with Crippen LogP contribution >= 0.6 is 0 Å². The molecule has 2 saturated carbocycles. The lowest BCUT2D eigenvalue weighted by atomic mass is 9.76. The summed E-state index contributed by atoms with van der Waals surface area (Å²) in [6.45, 7) is 2.29. The summed E-state index contributed by atoms with van der Waals surface area (Å²) in [4.78, 5) is 0. The molecule has 0 saturated heterocycles. The Morgan fingerprint density at radius 3 is 2.22 bits per heavy atom. The van der Waals surface area contributed by atoms with Gasteiger partial charge in [-0.1, -0.05) is 69.7 Å². The van der Waals surface area contributed by atoms with Crippen LogP contribution in [0.2, 0.25) is 0 Å². The highest BCUT2D eigenvalue weighted by Crippen LogP contribution is 2.40. The van der Waals surface area contributed by atoms with Gasteiger partial charge < -0.3 is 0 Å². The first-order valence-electron chi connectivity index (χ1n) is 10.0. The Morgan fingerprint density at radius 2 is 1.61 bits per heavy atom. The smallest absolute Gasteiger partial charge is 0.128 e. The predicted molar refractivity (Wildman–Crippen MR) is 96.1 cm³/mol. The second-order valence-corrected chi connectivity index (χ2v) is 8.04. The molecule has 127 valence electrons. The maximum Gasteiger partial charge on any atom is 0.128 e. The fraction of sp³-hybridized carbons (Fsp3) is 0.727. The van der Waals surface area contributed by atoms with Gasteiger partial charge in [0.25, 0.3) is 0 Å². The molecule has 0 bridgehead atoms. The first-order valence-corrected chi connectivity index (χ1v) is 10.0. The van der Waals surface area contributed by atoms with E-state index in [1.54, 1.807) is 0 Å². The SMILES string of the molecule is CCCCC1CCC(c2ccc(C3([O])CCCCC3)cc2)CC1. The number of rotatable bonds is 5. The van der Waals surface area contributed by atoms with Gasteiger partial charge in [0.2, 0.25) is 0 Å². The zero-order valence-electron chi connectivity index (χ0n) is 14.9. The van der Waals surface area contributed by atoms with E-state index < -0.39 is 5.60 Å². The van der Waals surface area contributed by atoms with Gasteiger partial charge in [0.15, 0.2) is 0 Å². The van der Waals surface area contributed by atoms with Crippen LogP contribution in [0, 0.1) is 5.92 Å². The molecule has 1 aromatic rings. The summed E-state index contributed by atoms with van der Waals surface area (Å²) in [5, 5.41) is 13.0. The Morgan fingerprint density at radius 1 is 0.957 bits per heavy atom. The number of unbranched alkanes of at least 4 members (excludes halogenated alkanes) is 1. The van der Waals surface area contributed by atoms with Crippen molar-refractivity contribution < 1.29 is 5.11 Å². The third-order valence-electron chi connectivity index (χ3n) is 6.38. The van der Waals surface area contributed by atoms with Crippen LogP contribution in [0.5, 0.6) is 0 Å². The van der Waals surface area contributed by atoms with Gasteiger partial charge in [-0.3, -0.25) is 0 Å². The molecule has 0 heterocycles. The molecule has 0 aliphatic heterocycles. The molecule has 0 amide bonds. The maximum absolute atomic E-state index is 13.0. The minimum Gasteiger partial charge on any atom is -0.224 e. The van der Waals surface area contributed by atoms with Gasteiger partial charge in [-0.2, -0.15) is 0 Å². The summed E-state index contributed by atoms with van der Waals surface area (Å²) in [5.74, 6) is 1.70. The van der Waals surface area contributed by atoms with Crippen molar-refractivity contribution in [1.29, 1.82) is 0 Å². The molecule has 2 fully saturated rings. The van der Waals surface area contributed by atoms with Crippen LogP contribution in [0.4, 0.5) is 0 Å². The molecular formula is C22H33O. The number of benzene rings is 1. The summed E-state index contributed by atoms with van der Waals surface area (Å²) < 4.78 is 0. The average molecular weight is 314 g/mol. The van der Waals surface area contributed by atoms with Gasteiger partial charge in [0.1, 0.15) is 5.60 Å². The molecule has 2 aliphatic rings. The molecule has 0 unspecified atom stereocenters. The Kier molecular flexibility index (Phi) is 5.80. The fourth-order valence-electron chi connectivity index (χ4n) is 4.75. The zero-order chi connectivity index (χ0) is 16.1. The van der Waals surface area contributed by atoms with Crippen molar-refractivity contribution in [1.82, 2.24) is 0 Å². The van der Waals surface area contributed by atoms with Crippen molar-refractivity contribution in [3.05, 3.63) is 35.4 Å². The number of hydrogen-bond acceptors (Lipinski definition) is 0. The van der Waals surface area contributed by atoms with E-state index >= 15 is 0 Å². The monoisotopic (exact) mass is 313 g/mol. The molecule has 1 radical (unpaired) electrons. The highest BCUT2D eigenvalue weighted by Gasteiger charge is 2.33. The van der Waals surface area contributed by atoms with E-state index in [4.69, 9.17) is 0 Å². The molecule has 2 aliphatic carbocycles. The van der Waals surface area contributed by atoms with E-state index in [1.807, 2.05) is 0 Å². The van der Waals surface area contributed by atoms with Gasteiger partial charge in [-0.15, -0.1) is 0 Å². The lowest BCUT2D eigenvalue weighted by Crippen LogP contribution is -2.26. The molecule has 0 atom stereocenters. The van der Waals surface area contributed by atoms with E-state index in [2.05, 4.69) is 31.2 Å². The normalized spacial score (nSPS) is 27.7. The molecule has 3 rings (SSSR count). The minimum atomic E-state index is -0.797. The maximum atomic E-state index is 13.0. The Balaban J connectivity index is 1.58. The van der Waals surface area contributed by atoms with Gasteiger partial charge in [0.05, 0.1) is 0 Å². The second kappa shape index (κ2) is 7.83. The van der Waals surface area contributed by atoms with Crippen LogP contribution < -0.4 is 0 Å². The molecule has 23 heavy (non-hydrogen) atoms. The van der Waals surface area contributed by atoms with Crippen molar-refractivity contribution in [3.8, 4) is 0 Å². The van der Waals surface area contributed by atoms with E-state index in [0.717, 1.165) is 43.1 Å². The fourth-order valence-corrected chi connectivity index (χ4v) is 4.75. The largest absolute Gasteiger partial charge is 0.224 e. The number of hydrogen-bond donors (Lipinski definition) is 0. The topological polar surface area (TPSA) is 19.9 Å². The lowest BCUT2D eigenvalue weighted by Gasteiger charge is -2.31. The third kappa shape index (κ3) is 4.18. The van der Waals surface area contributed by atoms with Crippen molar-refractivity contribution in [3.63, 3.8) is 0 Å². The first kappa shape index (κ1) is 17.0. The van der Waals surface area contributed by atoms with Crippen LogP contribution in [-0.2, 0) is 10.7 Å². The van der Waals surface area contributed by atoms with Crippen LogP contribution in [0.3, 0.4) is 0 Å². The van der Waals surface area contributed by atoms with Gasteiger partial charge in [0, 0.05) is 0 Å². The van der Waals surface area contributed by atoms with Crippen molar-refractivity contribution >= 4 is 0 Å². The van der Waals surface area contributed by atoms with Crippen molar-refractivity contribution in [2.45, 2.75) is 95.5 Å². The van der Waals surface area contributed by atoms with Gasteiger partial charge in [-0.05, 0) is 61.5 Å². The van der Waals surface area contributed by atoms with Crippen LogP contribution in [-0.4, -0.2) is 0 Å². The summed E-state index contributed by atoms with van der Waals surface area (Å²) in [7, 11) is 0. The summed E-state index contributed by atoms with van der Waals surface area (Å²) in [6, 6.07) is 8.83. The quantitative estimate of drug-likeness (QED) is 0.573. The van der Waals surface area contributed by atoms with Crippen molar-refractivity contribution in [2.75, 3.05) is 0 Å². The van der Waals surface area contributed by atoms with Crippen LogP contribution in [0.15, 0.2) is 24.3 Å². The highest BCUT2D eigenvalue weighted by molar-refractivity contribution is 5.29. The molecule has 1 heteroatoms. The Bertz CT molecular complexity index is 461. The molecule has 0 spiro atoms. The average Bonchev–Trinajstić information content (AvgIpc) is 2.61. The Labute approximate surface area is 142 Å². The van der Waals surface area contributed by atoms with E-state index in [-0.39, 0.29) is 0 Å². The lowest BCUT2D eigenvalue weighted by molar-refractivity contribution is -0.0644. The predicted octanol–water partition coefficient (Wildman–Crippen LogP) is 6.74. The van der Waals surface area contributed by atoms with E-state index in [0.29, 0.717) is 0 Å². The van der Waals surface area contributed by atoms with Crippen LogP contribution in [0.25, 0.3) is 0 Å². The molecule has 0 aromatic heterocycles. The van der Waals surface area contributed by atoms with E-state index in [1.165, 1.54) is 56.9 Å². The third-order valence-corrected chi connectivity index (χ3v) is 6.38. The van der Waals surface area contributed by atoms with E-state index in [9.17, 15) is 5.11 Å². The standard InChI is InChI=1S/C22H33O/c1-2-3-7-18-8-10-19(11-9-18)20-12-14-21(15-13-20)22(23)16-5-4-6-17-22/h12-15,18-19H,2-11,16-17H2,1H3. The first-order chi connectivity index (χ1) is 11.2. The molecule has 1 aromatic carbocycles. The van der Waals surface area contributed by atoms with Gasteiger partial charge >= 0.3 is 0 Å². The summed E-state index contributed by atoms with van der Waals surface area (Å²) in [6.07, 6.45) is 14.8. The van der Waals surface area contributed by atoms with Crippen molar-refractivity contribution in [2.24, 2.45) is 5.92 Å². The van der Waals surface area contributed by atoms with Crippen LogP contribution in [0.1, 0.15) is 101 Å². The second-order valence-electron chi connectivity index (χ2n) is 8.04. The Hall–Kier alpha value is -0.820. The minimum absolute atomic E-state index is 0.732. The summed E-state index contributed by atoms with van der Waals surface area (Å²) >= 11 is 0. The summed E-state index contributed by atoms with van der Waals surface area (Å²) in [5.41, 5.74) is 1.72. The molecular weight excluding hydrogens is 280 g/mol. The molecule has 0 N–H and O–H groups in total. The zero-order valence-corrected chi connectivity index (χ0v) is 14.9. The highest BCUT2D eigenvalue weighted by atomic mass is 16.3. The molecule has 1 nitrogen and oxygen atoms in total.